The molecule has 0 unspecified atom stereocenters. The van der Waals surface area contributed by atoms with E-state index < -0.39 is 5.97 Å². The quantitative estimate of drug-likeness (QED) is 0.339. The zero-order chi connectivity index (χ0) is 11.3. The maximum atomic E-state index is 11.5. The van der Waals surface area contributed by atoms with E-state index in [9.17, 15) is 9.59 Å². The summed E-state index contributed by atoms with van der Waals surface area (Å²) in [6, 6.07) is 1.67. The number of ether oxygens (including phenoxy) is 2. The zero-order valence-corrected chi connectivity index (χ0v) is 9.17. The first kappa shape index (κ1) is 11.5. The highest BCUT2D eigenvalue weighted by Crippen LogP contribution is 2.09. The van der Waals surface area contributed by atoms with Crippen molar-refractivity contribution in [3.8, 4) is 0 Å². The average molecular weight is 226 g/mol. The van der Waals surface area contributed by atoms with Crippen LogP contribution in [-0.4, -0.2) is 26.0 Å². The Labute approximate surface area is 91.1 Å². The van der Waals surface area contributed by atoms with Gasteiger partial charge in [-0.15, -0.1) is 0 Å². The predicted octanol–water partition coefficient (Wildman–Crippen LogP) is 1.63. The molecule has 0 atom stereocenters. The molecule has 0 radical (unpaired) electrons. The highest BCUT2D eigenvalue weighted by Gasteiger charge is 2.13. The van der Waals surface area contributed by atoms with Crippen LogP contribution in [0.4, 0.5) is 0 Å². The number of rotatable bonds is 4. The minimum atomic E-state index is -0.666. The molecule has 1 rings (SSSR count). The Kier molecular flexibility index (Phi) is 4.05. The predicted molar refractivity (Wildman–Crippen MR) is 55.8 cm³/mol. The number of thiophene rings is 1. The number of ketones is 1. The molecule has 5 heteroatoms. The number of methoxy groups -OCH3 is 2. The van der Waals surface area contributed by atoms with Crippen molar-refractivity contribution in [3.63, 3.8) is 0 Å². The molecule has 0 aliphatic heterocycles. The van der Waals surface area contributed by atoms with E-state index in [0.29, 0.717) is 5.56 Å². The number of carbonyl (C=O) groups excluding carboxylic acids is 2. The van der Waals surface area contributed by atoms with E-state index in [-0.39, 0.29) is 11.5 Å². The Balaban J connectivity index is 2.85. The zero-order valence-electron chi connectivity index (χ0n) is 8.35. The van der Waals surface area contributed by atoms with Crippen LogP contribution in [-0.2, 0) is 14.3 Å². The second-order valence-corrected chi connectivity index (χ2v) is 3.36. The monoisotopic (exact) mass is 226 g/mol. The van der Waals surface area contributed by atoms with Crippen LogP contribution in [0.1, 0.15) is 10.4 Å². The molecule has 15 heavy (non-hydrogen) atoms. The number of allylic oxidation sites excluding steroid dienone is 1. The fourth-order valence-electron chi connectivity index (χ4n) is 0.909. The number of hydrogen-bond acceptors (Lipinski definition) is 5. The largest absolute Gasteiger partial charge is 0.490 e. The normalized spacial score (nSPS) is 10.9. The van der Waals surface area contributed by atoms with Crippen molar-refractivity contribution >= 4 is 23.1 Å². The lowest BCUT2D eigenvalue weighted by molar-refractivity contribution is -0.139. The Bertz CT molecular complexity index is 378. The van der Waals surface area contributed by atoms with Gasteiger partial charge < -0.3 is 9.47 Å². The number of carbonyl (C=O) groups is 2. The van der Waals surface area contributed by atoms with Crippen molar-refractivity contribution in [1.29, 1.82) is 0 Å². The van der Waals surface area contributed by atoms with Gasteiger partial charge in [0.1, 0.15) is 0 Å². The Hall–Kier alpha value is -1.62. The van der Waals surface area contributed by atoms with Crippen LogP contribution in [0.2, 0.25) is 0 Å². The minimum absolute atomic E-state index is 0.103. The van der Waals surface area contributed by atoms with Gasteiger partial charge in [0, 0.05) is 17.0 Å². The van der Waals surface area contributed by atoms with Gasteiger partial charge in [-0.05, 0) is 11.4 Å². The van der Waals surface area contributed by atoms with Crippen molar-refractivity contribution < 1.29 is 19.1 Å². The first-order valence-corrected chi connectivity index (χ1v) is 5.04. The number of esters is 1. The summed E-state index contributed by atoms with van der Waals surface area (Å²) < 4.78 is 9.18. The first-order valence-electron chi connectivity index (χ1n) is 4.09. The Morgan fingerprint density at radius 1 is 1.33 bits per heavy atom. The molecule has 0 saturated heterocycles. The summed E-state index contributed by atoms with van der Waals surface area (Å²) in [6.07, 6.45) is 1.12. The fourth-order valence-corrected chi connectivity index (χ4v) is 1.55. The molecule has 1 heterocycles. The smallest absolute Gasteiger partial charge is 0.373 e. The molecule has 0 spiro atoms. The fraction of sp³-hybridized carbons (Fsp3) is 0.200. The van der Waals surface area contributed by atoms with Crippen molar-refractivity contribution in [2.75, 3.05) is 14.2 Å². The van der Waals surface area contributed by atoms with Gasteiger partial charge in [0.2, 0.25) is 5.76 Å². The molecule has 1 aromatic rings. The van der Waals surface area contributed by atoms with E-state index in [1.54, 1.807) is 16.8 Å². The third-order valence-corrected chi connectivity index (χ3v) is 2.36. The highest BCUT2D eigenvalue weighted by molar-refractivity contribution is 7.08. The molecule has 80 valence electrons. The van der Waals surface area contributed by atoms with E-state index >= 15 is 0 Å². The average Bonchev–Trinajstić information content (AvgIpc) is 2.77. The summed E-state index contributed by atoms with van der Waals surface area (Å²) in [4.78, 5) is 22.6. The van der Waals surface area contributed by atoms with Gasteiger partial charge in [-0.2, -0.15) is 11.3 Å². The van der Waals surface area contributed by atoms with Gasteiger partial charge in [-0.1, -0.05) is 0 Å². The van der Waals surface area contributed by atoms with Gasteiger partial charge >= 0.3 is 5.97 Å². The maximum Gasteiger partial charge on any atom is 0.373 e. The van der Waals surface area contributed by atoms with Gasteiger partial charge in [0.15, 0.2) is 5.78 Å². The van der Waals surface area contributed by atoms with Crippen molar-refractivity contribution in [1.82, 2.24) is 0 Å². The molecule has 0 fully saturated rings. The summed E-state index contributed by atoms with van der Waals surface area (Å²) in [5.74, 6) is -1.05. The Morgan fingerprint density at radius 2 is 2.07 bits per heavy atom. The molecule has 0 saturated carbocycles. The second-order valence-electron chi connectivity index (χ2n) is 2.58. The van der Waals surface area contributed by atoms with Crippen LogP contribution in [0.5, 0.6) is 0 Å². The highest BCUT2D eigenvalue weighted by atomic mass is 32.1. The van der Waals surface area contributed by atoms with Crippen molar-refractivity contribution in [3.05, 3.63) is 34.2 Å². The van der Waals surface area contributed by atoms with Gasteiger partial charge in [-0.25, -0.2) is 4.79 Å². The molecule has 1 aromatic heterocycles. The van der Waals surface area contributed by atoms with Crippen LogP contribution in [0, 0.1) is 0 Å². The van der Waals surface area contributed by atoms with Gasteiger partial charge in [0.05, 0.1) is 14.2 Å². The summed E-state index contributed by atoms with van der Waals surface area (Å²) in [7, 11) is 2.54. The van der Waals surface area contributed by atoms with Gasteiger partial charge in [-0.3, -0.25) is 4.79 Å². The van der Waals surface area contributed by atoms with Crippen molar-refractivity contribution in [2.45, 2.75) is 0 Å². The molecule has 0 amide bonds. The van der Waals surface area contributed by atoms with Crippen LogP contribution in [0.15, 0.2) is 28.7 Å². The van der Waals surface area contributed by atoms with Gasteiger partial charge in [0.25, 0.3) is 0 Å². The van der Waals surface area contributed by atoms with E-state index in [0.717, 1.165) is 6.08 Å². The van der Waals surface area contributed by atoms with Crippen LogP contribution in [0.3, 0.4) is 0 Å². The molecule has 0 aliphatic rings. The first-order chi connectivity index (χ1) is 7.19. The second kappa shape index (κ2) is 5.31. The SMILES string of the molecule is COC(=O)C(=CC(=O)c1ccsc1)OC. The number of hydrogen-bond donors (Lipinski definition) is 0. The summed E-state index contributed by atoms with van der Waals surface area (Å²) in [5.41, 5.74) is 0.526. The topological polar surface area (TPSA) is 52.6 Å². The lowest BCUT2D eigenvalue weighted by Gasteiger charge is -2.02. The molecular weight excluding hydrogens is 216 g/mol. The molecule has 0 N–H and O–H groups in total. The molecule has 0 aromatic carbocycles. The lowest BCUT2D eigenvalue weighted by Crippen LogP contribution is -2.08. The minimum Gasteiger partial charge on any atom is -0.490 e. The standard InChI is InChI=1S/C10H10O4S/c1-13-9(10(12)14-2)5-8(11)7-3-4-15-6-7/h3-6H,1-2H3. The van der Waals surface area contributed by atoms with Crippen LogP contribution < -0.4 is 0 Å². The molecular formula is C10H10O4S. The van der Waals surface area contributed by atoms with E-state index in [1.165, 1.54) is 25.6 Å². The van der Waals surface area contributed by atoms with E-state index in [4.69, 9.17) is 4.74 Å². The van der Waals surface area contributed by atoms with Crippen LogP contribution in [0.25, 0.3) is 0 Å². The lowest BCUT2D eigenvalue weighted by atomic mass is 10.2. The third kappa shape index (κ3) is 2.92. The summed E-state index contributed by atoms with van der Waals surface area (Å²) in [6.45, 7) is 0. The summed E-state index contributed by atoms with van der Waals surface area (Å²) >= 11 is 1.41. The molecule has 0 bridgehead atoms. The van der Waals surface area contributed by atoms with Crippen molar-refractivity contribution in [2.24, 2.45) is 0 Å². The summed E-state index contributed by atoms with van der Waals surface area (Å²) in [5, 5.41) is 3.48. The molecule has 4 nitrogen and oxygen atoms in total. The maximum absolute atomic E-state index is 11.5. The van der Waals surface area contributed by atoms with Crippen LogP contribution >= 0.6 is 11.3 Å². The van der Waals surface area contributed by atoms with E-state index in [1.807, 2.05) is 0 Å². The van der Waals surface area contributed by atoms with E-state index in [2.05, 4.69) is 4.74 Å². The molecule has 0 aliphatic carbocycles. The third-order valence-electron chi connectivity index (χ3n) is 1.67. The Morgan fingerprint density at radius 3 is 2.53 bits per heavy atom.